The Bertz CT molecular complexity index is 1240. The summed E-state index contributed by atoms with van der Waals surface area (Å²) in [7, 11) is 1.30. The van der Waals surface area contributed by atoms with E-state index in [1.165, 1.54) is 25.3 Å². The van der Waals surface area contributed by atoms with Gasteiger partial charge in [0.15, 0.2) is 0 Å². The van der Waals surface area contributed by atoms with Gasteiger partial charge in [-0.2, -0.15) is 32.3 Å². The molecule has 0 unspecified atom stereocenters. The van der Waals surface area contributed by atoms with Crippen molar-refractivity contribution in [1.29, 1.82) is 5.26 Å². The number of aromatic nitrogens is 2. The van der Waals surface area contributed by atoms with Crippen molar-refractivity contribution < 1.29 is 26.7 Å². The van der Waals surface area contributed by atoms with Gasteiger partial charge in [0.2, 0.25) is 0 Å². The molecule has 1 fully saturated rings. The molecule has 0 atom stereocenters. The minimum absolute atomic E-state index is 0.127. The highest BCUT2D eigenvalue weighted by molar-refractivity contribution is 7.22. The molecule has 0 bridgehead atoms. The van der Waals surface area contributed by atoms with Crippen molar-refractivity contribution in [3.05, 3.63) is 39.2 Å². The fourth-order valence-corrected chi connectivity index (χ4v) is 5.25. The molecule has 5 nitrogen and oxygen atoms in total. The Morgan fingerprint density at radius 3 is 2.53 bits per heavy atom. The molecular formula is C20H15F5N4OS2. The number of thiophene rings is 2. The van der Waals surface area contributed by atoms with E-state index < -0.39 is 17.8 Å². The van der Waals surface area contributed by atoms with Crippen LogP contribution in [0.1, 0.15) is 39.3 Å². The van der Waals surface area contributed by atoms with Crippen LogP contribution in [0.4, 0.5) is 22.0 Å². The number of alkyl halides is 5. The number of halogens is 5. The van der Waals surface area contributed by atoms with Crippen LogP contribution in [-0.4, -0.2) is 27.9 Å². The lowest BCUT2D eigenvalue weighted by atomic mass is 10.1. The van der Waals surface area contributed by atoms with Gasteiger partial charge in [-0.05, 0) is 31.9 Å². The number of nitriles is 1. The SMILES string of the molecule is Cc1c(C(F)(F)C(F)(F)F)nn(C)c1-c1csc(-c2cc(C(=O)NC3CC3)c(C#N)s2)c1. The molecule has 4 rings (SSSR count). The molecule has 0 aromatic carbocycles. The predicted octanol–water partition coefficient (Wildman–Crippen LogP) is 5.60. The minimum atomic E-state index is -5.76. The van der Waals surface area contributed by atoms with E-state index in [1.807, 2.05) is 6.07 Å². The van der Waals surface area contributed by atoms with E-state index in [1.54, 1.807) is 17.5 Å². The first-order valence-electron chi connectivity index (χ1n) is 9.36. The molecule has 0 saturated heterocycles. The Morgan fingerprint density at radius 1 is 1.25 bits per heavy atom. The number of hydrogen-bond donors (Lipinski definition) is 1. The second-order valence-electron chi connectivity index (χ2n) is 7.43. The Kier molecular flexibility index (Phi) is 5.37. The molecule has 1 aliphatic rings. The molecule has 32 heavy (non-hydrogen) atoms. The van der Waals surface area contributed by atoms with Crippen molar-refractivity contribution in [3.63, 3.8) is 0 Å². The van der Waals surface area contributed by atoms with E-state index in [9.17, 15) is 32.0 Å². The number of carbonyl (C=O) groups is 1. The summed E-state index contributed by atoms with van der Waals surface area (Å²) < 4.78 is 67.3. The van der Waals surface area contributed by atoms with Gasteiger partial charge in [-0.3, -0.25) is 9.48 Å². The van der Waals surface area contributed by atoms with Crippen LogP contribution in [0.5, 0.6) is 0 Å². The van der Waals surface area contributed by atoms with E-state index in [2.05, 4.69) is 10.4 Å². The summed E-state index contributed by atoms with van der Waals surface area (Å²) in [4.78, 5) is 13.9. The fraction of sp³-hybridized carbons (Fsp3) is 0.350. The normalized spacial score (nSPS) is 14.4. The third-order valence-electron chi connectivity index (χ3n) is 5.04. The maximum absolute atomic E-state index is 13.9. The molecule has 1 amide bonds. The van der Waals surface area contributed by atoms with Crippen LogP contribution >= 0.6 is 22.7 Å². The first kappa shape index (κ1) is 22.4. The summed E-state index contributed by atoms with van der Waals surface area (Å²) in [6.45, 7) is 1.17. The molecule has 3 aromatic heterocycles. The lowest BCUT2D eigenvalue weighted by Crippen LogP contribution is -2.34. The summed E-state index contributed by atoms with van der Waals surface area (Å²) in [5.74, 6) is -5.41. The monoisotopic (exact) mass is 486 g/mol. The molecule has 1 saturated carbocycles. The molecule has 1 aliphatic carbocycles. The number of carbonyl (C=O) groups excluding carboxylic acids is 1. The largest absolute Gasteiger partial charge is 0.459 e. The molecule has 12 heteroatoms. The number of amides is 1. The molecule has 3 aromatic rings. The third-order valence-corrected chi connectivity index (χ3v) is 7.21. The smallest absolute Gasteiger partial charge is 0.349 e. The molecular weight excluding hydrogens is 471 g/mol. The number of hydrogen-bond acceptors (Lipinski definition) is 5. The predicted molar refractivity (Wildman–Crippen MR) is 110 cm³/mol. The highest BCUT2D eigenvalue weighted by atomic mass is 32.1. The molecule has 168 valence electrons. The van der Waals surface area contributed by atoms with Crippen LogP contribution in [0.25, 0.3) is 21.0 Å². The fourth-order valence-electron chi connectivity index (χ4n) is 3.31. The molecule has 0 radical (unpaired) electrons. The van der Waals surface area contributed by atoms with E-state index >= 15 is 0 Å². The standard InChI is InChI=1S/C20H15F5N4OS2/c1-9-16(29(2)28-17(9)19(21,22)20(23,24)25)10-5-13(31-8-10)14-6-12(15(7-26)32-14)18(30)27-11-3-4-11/h5-6,8,11H,3-4H2,1-2H3,(H,27,30). The summed E-state index contributed by atoms with van der Waals surface area (Å²) >= 11 is 2.34. The Hall–Kier alpha value is -2.78. The maximum atomic E-state index is 13.9. The summed E-state index contributed by atoms with van der Waals surface area (Å²) in [6.07, 6.45) is -3.96. The minimum Gasteiger partial charge on any atom is -0.349 e. The van der Waals surface area contributed by atoms with Gasteiger partial charge in [-0.1, -0.05) is 0 Å². The highest BCUT2D eigenvalue weighted by Crippen LogP contribution is 2.46. The van der Waals surface area contributed by atoms with Crippen molar-refractivity contribution in [3.8, 4) is 27.1 Å². The number of rotatable bonds is 5. The average molecular weight is 486 g/mol. The summed E-state index contributed by atoms with van der Waals surface area (Å²) in [5.41, 5.74) is -0.796. The van der Waals surface area contributed by atoms with Gasteiger partial charge in [0.05, 0.1) is 11.3 Å². The highest BCUT2D eigenvalue weighted by Gasteiger charge is 2.61. The van der Waals surface area contributed by atoms with Crippen LogP contribution in [-0.2, 0) is 13.0 Å². The van der Waals surface area contributed by atoms with Gasteiger partial charge in [0, 0.05) is 39.4 Å². The van der Waals surface area contributed by atoms with Crippen molar-refractivity contribution in [1.82, 2.24) is 15.1 Å². The van der Waals surface area contributed by atoms with Crippen molar-refractivity contribution in [2.45, 2.75) is 37.9 Å². The second-order valence-corrected chi connectivity index (χ2v) is 9.39. The van der Waals surface area contributed by atoms with Crippen LogP contribution in [0.3, 0.4) is 0 Å². The van der Waals surface area contributed by atoms with Gasteiger partial charge in [-0.25, -0.2) is 0 Å². The quantitative estimate of drug-likeness (QED) is 0.477. The number of nitrogens with one attached hydrogen (secondary N) is 1. The zero-order chi connectivity index (χ0) is 23.4. The molecule has 1 N–H and O–H groups in total. The van der Waals surface area contributed by atoms with Crippen LogP contribution in [0, 0.1) is 18.3 Å². The van der Waals surface area contributed by atoms with Gasteiger partial charge < -0.3 is 5.32 Å². The lowest BCUT2D eigenvalue weighted by Gasteiger charge is -2.18. The van der Waals surface area contributed by atoms with Crippen LogP contribution in [0.2, 0.25) is 0 Å². The zero-order valence-electron chi connectivity index (χ0n) is 16.7. The average Bonchev–Trinajstić information content (AvgIpc) is 3.12. The van der Waals surface area contributed by atoms with Gasteiger partial charge >= 0.3 is 12.1 Å². The van der Waals surface area contributed by atoms with Crippen LogP contribution in [0.15, 0.2) is 17.5 Å². The summed E-state index contributed by atoms with van der Waals surface area (Å²) in [6, 6.07) is 5.35. The van der Waals surface area contributed by atoms with Gasteiger partial charge in [-0.15, -0.1) is 22.7 Å². The Balaban J connectivity index is 1.69. The molecule has 0 spiro atoms. The first-order valence-corrected chi connectivity index (χ1v) is 11.1. The zero-order valence-corrected chi connectivity index (χ0v) is 18.3. The van der Waals surface area contributed by atoms with E-state index in [0.717, 1.165) is 28.9 Å². The van der Waals surface area contributed by atoms with Gasteiger partial charge in [0.25, 0.3) is 5.91 Å². The first-order chi connectivity index (χ1) is 14.9. The van der Waals surface area contributed by atoms with E-state index in [4.69, 9.17) is 0 Å². The second kappa shape index (κ2) is 7.67. The van der Waals surface area contributed by atoms with Gasteiger partial charge in [0.1, 0.15) is 16.6 Å². The number of aryl methyl sites for hydroxylation is 1. The van der Waals surface area contributed by atoms with Crippen molar-refractivity contribution in [2.75, 3.05) is 0 Å². The van der Waals surface area contributed by atoms with E-state index in [0.29, 0.717) is 15.3 Å². The van der Waals surface area contributed by atoms with Crippen LogP contribution < -0.4 is 5.32 Å². The van der Waals surface area contributed by atoms with E-state index in [-0.39, 0.29) is 33.6 Å². The topological polar surface area (TPSA) is 70.7 Å². The summed E-state index contributed by atoms with van der Waals surface area (Å²) in [5, 5.41) is 17.3. The lowest BCUT2D eigenvalue weighted by molar-refractivity contribution is -0.291. The number of nitrogens with zero attached hydrogens (tertiary/aromatic N) is 3. The molecule has 0 aliphatic heterocycles. The van der Waals surface area contributed by atoms with Crippen molar-refractivity contribution >= 4 is 28.6 Å². The third kappa shape index (κ3) is 3.80. The van der Waals surface area contributed by atoms with Crippen molar-refractivity contribution in [2.24, 2.45) is 7.05 Å². The maximum Gasteiger partial charge on any atom is 0.459 e. The Labute approximate surface area is 187 Å². The Morgan fingerprint density at radius 2 is 1.94 bits per heavy atom. The molecule has 3 heterocycles.